The topological polar surface area (TPSA) is 75.1 Å². The zero-order valence-corrected chi connectivity index (χ0v) is 14.1. The van der Waals surface area contributed by atoms with Crippen molar-refractivity contribution in [3.63, 3.8) is 0 Å². The third kappa shape index (κ3) is 3.00. The maximum Gasteiger partial charge on any atom is 0.335 e. The maximum absolute atomic E-state index is 13.2. The molecule has 2 aromatic heterocycles. The van der Waals surface area contributed by atoms with Crippen LogP contribution in [-0.2, 0) is 0 Å². The van der Waals surface area contributed by atoms with Crippen molar-refractivity contribution < 1.29 is 14.3 Å². The Labute approximate surface area is 151 Å². The Kier molecular flexibility index (Phi) is 4.06. The summed E-state index contributed by atoms with van der Waals surface area (Å²) < 4.78 is 13.2. The number of anilines is 2. The lowest BCUT2D eigenvalue weighted by Gasteiger charge is -2.09. The lowest BCUT2D eigenvalue weighted by molar-refractivity contribution is 0.0697. The van der Waals surface area contributed by atoms with Gasteiger partial charge in [0.25, 0.3) is 0 Å². The number of carbonyl (C=O) groups is 1. The summed E-state index contributed by atoms with van der Waals surface area (Å²) in [4.78, 5) is 20.4. The van der Waals surface area contributed by atoms with Crippen molar-refractivity contribution in [2.24, 2.45) is 0 Å². The first-order chi connectivity index (χ1) is 12.6. The minimum absolute atomic E-state index is 0.214. The summed E-state index contributed by atoms with van der Waals surface area (Å²) >= 11 is 1.48. The van der Waals surface area contributed by atoms with Crippen molar-refractivity contribution in [2.45, 2.75) is 0 Å². The van der Waals surface area contributed by atoms with Crippen LogP contribution in [0.25, 0.3) is 21.3 Å². The SMILES string of the molecule is O=C(O)c1ccc(Nc2ncnc3scc(-c4ccc(F)cc4)c23)cc1. The number of fused-ring (bicyclic) bond motifs is 1. The first-order valence-corrected chi connectivity index (χ1v) is 8.58. The van der Waals surface area contributed by atoms with E-state index < -0.39 is 5.97 Å². The molecule has 0 amide bonds. The van der Waals surface area contributed by atoms with Gasteiger partial charge in [0.2, 0.25) is 0 Å². The zero-order chi connectivity index (χ0) is 18.1. The Hall–Kier alpha value is -3.32. The van der Waals surface area contributed by atoms with Gasteiger partial charge in [-0.1, -0.05) is 12.1 Å². The average Bonchev–Trinajstić information content (AvgIpc) is 3.08. The summed E-state index contributed by atoms with van der Waals surface area (Å²) in [7, 11) is 0. The van der Waals surface area contributed by atoms with E-state index in [2.05, 4.69) is 15.3 Å². The van der Waals surface area contributed by atoms with Crippen LogP contribution in [0.15, 0.2) is 60.2 Å². The normalized spacial score (nSPS) is 10.8. The molecule has 0 unspecified atom stereocenters. The van der Waals surface area contributed by atoms with E-state index in [-0.39, 0.29) is 11.4 Å². The van der Waals surface area contributed by atoms with Gasteiger partial charge in [-0.05, 0) is 42.0 Å². The summed E-state index contributed by atoms with van der Waals surface area (Å²) in [5.74, 6) is -0.655. The number of carboxylic acid groups (broad SMARTS) is 1. The summed E-state index contributed by atoms with van der Waals surface area (Å²) in [5.41, 5.74) is 2.71. The fourth-order valence-electron chi connectivity index (χ4n) is 2.64. The van der Waals surface area contributed by atoms with Crippen molar-refractivity contribution in [1.29, 1.82) is 0 Å². The van der Waals surface area contributed by atoms with Crippen LogP contribution in [0.4, 0.5) is 15.9 Å². The molecule has 0 aliphatic rings. The Bertz CT molecular complexity index is 1090. The number of aromatic carboxylic acids is 1. The Morgan fingerprint density at radius 2 is 1.77 bits per heavy atom. The molecule has 0 saturated carbocycles. The van der Waals surface area contributed by atoms with E-state index in [0.717, 1.165) is 21.3 Å². The molecule has 0 aliphatic carbocycles. The molecule has 0 spiro atoms. The molecule has 0 saturated heterocycles. The molecule has 128 valence electrons. The van der Waals surface area contributed by atoms with E-state index in [0.29, 0.717) is 11.5 Å². The molecule has 2 N–H and O–H groups in total. The number of hydrogen-bond acceptors (Lipinski definition) is 5. The minimum atomic E-state index is -0.975. The second-order valence-corrected chi connectivity index (χ2v) is 6.42. The highest BCUT2D eigenvalue weighted by Gasteiger charge is 2.13. The van der Waals surface area contributed by atoms with Crippen molar-refractivity contribution in [3.05, 3.63) is 71.6 Å². The quantitative estimate of drug-likeness (QED) is 0.536. The molecule has 5 nitrogen and oxygen atoms in total. The van der Waals surface area contributed by atoms with Gasteiger partial charge in [0.15, 0.2) is 0 Å². The molecule has 4 aromatic rings. The molecule has 0 atom stereocenters. The number of carboxylic acids is 1. The Morgan fingerprint density at radius 1 is 1.04 bits per heavy atom. The summed E-state index contributed by atoms with van der Waals surface area (Å²) in [6.07, 6.45) is 1.47. The highest BCUT2D eigenvalue weighted by Crippen LogP contribution is 2.37. The first-order valence-electron chi connectivity index (χ1n) is 7.70. The molecule has 7 heteroatoms. The molecular weight excluding hydrogens is 353 g/mol. The molecule has 2 aromatic carbocycles. The van der Waals surface area contributed by atoms with Crippen molar-refractivity contribution in [3.8, 4) is 11.1 Å². The van der Waals surface area contributed by atoms with Crippen LogP contribution in [0, 0.1) is 5.82 Å². The molecule has 2 heterocycles. The van der Waals surface area contributed by atoms with Gasteiger partial charge in [-0.2, -0.15) is 0 Å². The summed E-state index contributed by atoms with van der Waals surface area (Å²) in [6.45, 7) is 0. The van der Waals surface area contributed by atoms with E-state index >= 15 is 0 Å². The lowest BCUT2D eigenvalue weighted by atomic mass is 10.1. The van der Waals surface area contributed by atoms with Gasteiger partial charge >= 0.3 is 5.97 Å². The zero-order valence-electron chi connectivity index (χ0n) is 13.3. The van der Waals surface area contributed by atoms with Crippen LogP contribution in [0.1, 0.15) is 10.4 Å². The van der Waals surface area contributed by atoms with E-state index in [1.54, 1.807) is 24.3 Å². The smallest absolute Gasteiger partial charge is 0.335 e. The second kappa shape index (κ2) is 6.53. The van der Waals surface area contributed by atoms with Gasteiger partial charge < -0.3 is 10.4 Å². The van der Waals surface area contributed by atoms with Crippen molar-refractivity contribution in [1.82, 2.24) is 9.97 Å². The molecule has 0 bridgehead atoms. The average molecular weight is 365 g/mol. The largest absolute Gasteiger partial charge is 0.478 e. The monoisotopic (exact) mass is 365 g/mol. The highest BCUT2D eigenvalue weighted by molar-refractivity contribution is 7.17. The fourth-order valence-corrected chi connectivity index (χ4v) is 3.56. The van der Waals surface area contributed by atoms with Crippen LogP contribution >= 0.6 is 11.3 Å². The lowest BCUT2D eigenvalue weighted by Crippen LogP contribution is -1.98. The van der Waals surface area contributed by atoms with Crippen LogP contribution in [0.5, 0.6) is 0 Å². The molecule has 0 radical (unpaired) electrons. The van der Waals surface area contributed by atoms with Crippen molar-refractivity contribution in [2.75, 3.05) is 5.32 Å². The van der Waals surface area contributed by atoms with Crippen LogP contribution in [0.2, 0.25) is 0 Å². The van der Waals surface area contributed by atoms with E-state index in [9.17, 15) is 9.18 Å². The number of halogens is 1. The predicted octanol–water partition coefficient (Wildman–Crippen LogP) is 4.94. The second-order valence-electron chi connectivity index (χ2n) is 5.57. The molecule has 0 fully saturated rings. The van der Waals surface area contributed by atoms with Gasteiger partial charge in [0.05, 0.1) is 10.9 Å². The van der Waals surface area contributed by atoms with Gasteiger partial charge in [-0.25, -0.2) is 19.2 Å². The summed E-state index contributed by atoms with van der Waals surface area (Å²) in [5, 5.41) is 15.0. The van der Waals surface area contributed by atoms with Gasteiger partial charge in [0, 0.05) is 16.6 Å². The van der Waals surface area contributed by atoms with Crippen LogP contribution in [0.3, 0.4) is 0 Å². The third-order valence-corrected chi connectivity index (χ3v) is 4.81. The van der Waals surface area contributed by atoms with Gasteiger partial charge in [-0.3, -0.25) is 0 Å². The predicted molar refractivity (Wildman–Crippen MR) is 99.5 cm³/mol. The van der Waals surface area contributed by atoms with Gasteiger partial charge in [-0.15, -0.1) is 11.3 Å². The standard InChI is InChI=1S/C19H12FN3O2S/c20-13-5-1-11(2-6-13)15-9-26-18-16(15)17(21-10-22-18)23-14-7-3-12(4-8-14)19(24)25/h1-10H,(H,24,25)(H,21,22,23). The molecule has 0 aliphatic heterocycles. The molecule has 4 rings (SSSR count). The number of thiophene rings is 1. The van der Waals surface area contributed by atoms with Crippen molar-refractivity contribution >= 4 is 39.0 Å². The van der Waals surface area contributed by atoms with Gasteiger partial charge in [0.1, 0.15) is 22.8 Å². The molecule has 26 heavy (non-hydrogen) atoms. The highest BCUT2D eigenvalue weighted by atomic mass is 32.1. The number of aromatic nitrogens is 2. The van der Waals surface area contributed by atoms with Crippen LogP contribution < -0.4 is 5.32 Å². The summed E-state index contributed by atoms with van der Waals surface area (Å²) in [6, 6.07) is 12.7. The Balaban J connectivity index is 1.76. The molecular formula is C19H12FN3O2S. The fraction of sp³-hybridized carbons (Fsp3) is 0. The van der Waals surface area contributed by atoms with Crippen LogP contribution in [-0.4, -0.2) is 21.0 Å². The number of hydrogen-bond donors (Lipinski definition) is 2. The number of nitrogens with one attached hydrogen (secondary N) is 1. The Morgan fingerprint density at radius 3 is 2.46 bits per heavy atom. The number of benzene rings is 2. The third-order valence-electron chi connectivity index (χ3n) is 3.92. The first kappa shape index (κ1) is 16.2. The van der Waals surface area contributed by atoms with E-state index in [1.165, 1.54) is 41.9 Å². The number of nitrogens with zero attached hydrogens (tertiary/aromatic N) is 2. The maximum atomic E-state index is 13.2. The number of rotatable bonds is 4. The van der Waals surface area contributed by atoms with E-state index in [4.69, 9.17) is 5.11 Å². The minimum Gasteiger partial charge on any atom is -0.478 e. The van der Waals surface area contributed by atoms with E-state index in [1.807, 2.05) is 5.38 Å².